The van der Waals surface area contributed by atoms with Crippen molar-refractivity contribution in [2.45, 2.75) is 51.5 Å². The van der Waals surface area contributed by atoms with Gasteiger partial charge in [-0.05, 0) is 68.6 Å². The quantitative estimate of drug-likeness (QED) is 0.768. The monoisotopic (exact) mass is 266 g/mol. The van der Waals surface area contributed by atoms with Gasteiger partial charge in [0.2, 0.25) is 0 Å². The second-order valence-electron chi connectivity index (χ2n) is 7.08. The highest BCUT2D eigenvalue weighted by Crippen LogP contribution is 2.61. The summed E-state index contributed by atoms with van der Waals surface area (Å²) in [6.45, 7) is 2.47. The Morgan fingerprint density at radius 3 is 2.21 bits per heavy atom. The highest BCUT2D eigenvalue weighted by atomic mass is 16.5. The average Bonchev–Trinajstić information content (AvgIpc) is 2.34. The van der Waals surface area contributed by atoms with Gasteiger partial charge >= 0.3 is 6.03 Å². The van der Waals surface area contributed by atoms with E-state index in [9.17, 15) is 4.79 Å². The van der Waals surface area contributed by atoms with Crippen molar-refractivity contribution in [1.82, 2.24) is 10.6 Å². The lowest BCUT2D eigenvalue weighted by molar-refractivity contribution is -0.0683. The molecule has 0 radical (unpaired) electrons. The fourth-order valence-corrected chi connectivity index (χ4v) is 5.25. The van der Waals surface area contributed by atoms with Gasteiger partial charge in [-0.3, -0.25) is 0 Å². The van der Waals surface area contributed by atoms with Gasteiger partial charge in [-0.15, -0.1) is 0 Å². The van der Waals surface area contributed by atoms with Crippen LogP contribution in [0.15, 0.2) is 0 Å². The van der Waals surface area contributed by atoms with Crippen molar-refractivity contribution >= 4 is 6.03 Å². The molecule has 4 aliphatic rings. The van der Waals surface area contributed by atoms with Crippen LogP contribution in [-0.2, 0) is 4.74 Å². The van der Waals surface area contributed by atoms with Crippen LogP contribution in [0.25, 0.3) is 0 Å². The molecule has 0 saturated heterocycles. The molecule has 1 unspecified atom stereocenters. The maximum Gasteiger partial charge on any atom is 0.316 e. The van der Waals surface area contributed by atoms with Crippen LogP contribution in [0.2, 0.25) is 0 Å². The molecule has 1 atom stereocenters. The molecule has 0 spiro atoms. The largest absolute Gasteiger partial charge is 0.364 e. The molecule has 2 amide bonds. The molecule has 108 valence electrons. The molecule has 0 aromatic heterocycles. The van der Waals surface area contributed by atoms with Gasteiger partial charge in [0.15, 0.2) is 0 Å². The van der Waals surface area contributed by atoms with Crippen LogP contribution in [0.4, 0.5) is 4.79 Å². The summed E-state index contributed by atoms with van der Waals surface area (Å²) in [6, 6.07) is 0.183. The highest BCUT2D eigenvalue weighted by Gasteiger charge is 2.53. The summed E-state index contributed by atoms with van der Waals surface area (Å²) in [5.74, 6) is 2.78. The van der Waals surface area contributed by atoms with Crippen molar-refractivity contribution in [1.29, 1.82) is 0 Å². The Bertz CT molecular complexity index is 321. The highest BCUT2D eigenvalue weighted by molar-refractivity contribution is 5.74. The first-order valence-electron chi connectivity index (χ1n) is 7.64. The van der Waals surface area contributed by atoms with Crippen LogP contribution in [0, 0.1) is 23.2 Å². The van der Waals surface area contributed by atoms with Crippen LogP contribution < -0.4 is 10.6 Å². The van der Waals surface area contributed by atoms with Gasteiger partial charge < -0.3 is 15.4 Å². The zero-order chi connectivity index (χ0) is 13.5. The van der Waals surface area contributed by atoms with Crippen molar-refractivity contribution in [3.63, 3.8) is 0 Å². The zero-order valence-corrected chi connectivity index (χ0v) is 12.1. The molecule has 4 heteroatoms. The summed E-state index contributed by atoms with van der Waals surface area (Å²) in [5.41, 5.74) is 0.374. The lowest BCUT2D eigenvalue weighted by Gasteiger charge is -2.59. The molecular weight excluding hydrogens is 240 g/mol. The first-order chi connectivity index (χ1) is 9.11. The van der Waals surface area contributed by atoms with Crippen molar-refractivity contribution in [3.05, 3.63) is 0 Å². The van der Waals surface area contributed by atoms with Crippen LogP contribution in [0.3, 0.4) is 0 Å². The number of ether oxygens (including phenoxy) is 1. The molecule has 4 fully saturated rings. The Morgan fingerprint density at radius 1 is 1.21 bits per heavy atom. The molecule has 0 aromatic carbocycles. The zero-order valence-electron chi connectivity index (χ0n) is 12.1. The number of amides is 2. The molecule has 19 heavy (non-hydrogen) atoms. The smallest absolute Gasteiger partial charge is 0.316 e. The summed E-state index contributed by atoms with van der Waals surface area (Å²) in [6.07, 6.45) is 8.31. The lowest BCUT2D eigenvalue weighted by atomic mass is 9.48. The Kier molecular flexibility index (Phi) is 3.46. The van der Waals surface area contributed by atoms with E-state index in [2.05, 4.69) is 17.6 Å². The number of carbonyl (C=O) groups is 1. The van der Waals surface area contributed by atoms with E-state index in [0.29, 0.717) is 5.41 Å². The van der Waals surface area contributed by atoms with Crippen molar-refractivity contribution < 1.29 is 9.53 Å². The van der Waals surface area contributed by atoms with E-state index in [0.717, 1.165) is 17.8 Å². The van der Waals surface area contributed by atoms with Crippen molar-refractivity contribution in [2.24, 2.45) is 23.2 Å². The predicted molar refractivity (Wildman–Crippen MR) is 73.6 cm³/mol. The number of nitrogens with one attached hydrogen (secondary N) is 2. The van der Waals surface area contributed by atoms with Gasteiger partial charge in [0.1, 0.15) is 6.73 Å². The second-order valence-corrected chi connectivity index (χ2v) is 7.08. The third-order valence-electron chi connectivity index (χ3n) is 5.73. The molecule has 4 saturated carbocycles. The summed E-state index contributed by atoms with van der Waals surface area (Å²) in [4.78, 5) is 11.8. The van der Waals surface area contributed by atoms with Gasteiger partial charge in [-0.25, -0.2) is 4.79 Å². The molecule has 4 aliphatic carbocycles. The summed E-state index contributed by atoms with van der Waals surface area (Å²) < 4.78 is 4.87. The van der Waals surface area contributed by atoms with Gasteiger partial charge in [0, 0.05) is 13.2 Å². The van der Waals surface area contributed by atoms with E-state index in [1.54, 1.807) is 7.11 Å². The molecule has 4 bridgehead atoms. The van der Waals surface area contributed by atoms with Crippen LogP contribution in [-0.4, -0.2) is 25.9 Å². The number of hydrogen-bond donors (Lipinski definition) is 2. The predicted octanol–water partition coefficient (Wildman–Crippen LogP) is 2.49. The first-order valence-corrected chi connectivity index (χ1v) is 7.64. The van der Waals surface area contributed by atoms with Crippen LogP contribution in [0.1, 0.15) is 45.4 Å². The van der Waals surface area contributed by atoms with Crippen molar-refractivity contribution in [3.8, 4) is 0 Å². The molecule has 2 N–H and O–H groups in total. The minimum Gasteiger partial charge on any atom is -0.364 e. The molecule has 0 aliphatic heterocycles. The van der Waals surface area contributed by atoms with Crippen molar-refractivity contribution in [2.75, 3.05) is 13.8 Å². The Labute approximate surface area is 115 Å². The topological polar surface area (TPSA) is 50.4 Å². The third-order valence-corrected chi connectivity index (χ3v) is 5.73. The van der Waals surface area contributed by atoms with Gasteiger partial charge in [0.05, 0.1) is 0 Å². The van der Waals surface area contributed by atoms with Crippen LogP contribution >= 0.6 is 0 Å². The van der Waals surface area contributed by atoms with Crippen LogP contribution in [0.5, 0.6) is 0 Å². The SMILES string of the molecule is COCNC(=O)NC(C)C12CC3CC(CC(C3)C1)C2. The molecule has 0 aromatic rings. The number of rotatable bonds is 4. The maximum absolute atomic E-state index is 11.8. The Morgan fingerprint density at radius 2 is 1.74 bits per heavy atom. The van der Waals surface area contributed by atoms with E-state index in [-0.39, 0.29) is 18.8 Å². The second kappa shape index (κ2) is 4.97. The number of methoxy groups -OCH3 is 1. The number of urea groups is 1. The van der Waals surface area contributed by atoms with E-state index in [1.165, 1.54) is 38.5 Å². The lowest BCUT2D eigenvalue weighted by Crippen LogP contribution is -2.57. The molecule has 0 heterocycles. The normalized spacial score (nSPS) is 41.1. The summed E-state index contributed by atoms with van der Waals surface area (Å²) in [5, 5.41) is 5.86. The Balaban J connectivity index is 1.63. The Hall–Kier alpha value is -0.770. The molecular formula is C15H26N2O2. The summed E-state index contributed by atoms with van der Waals surface area (Å²) in [7, 11) is 1.59. The average molecular weight is 266 g/mol. The number of hydrogen-bond acceptors (Lipinski definition) is 2. The van der Waals surface area contributed by atoms with Gasteiger partial charge in [-0.2, -0.15) is 0 Å². The summed E-state index contributed by atoms with van der Waals surface area (Å²) >= 11 is 0. The fourth-order valence-electron chi connectivity index (χ4n) is 5.25. The standard InChI is InChI=1S/C15H26N2O2/c1-10(17-14(18)16-9-19-2)15-6-11-3-12(7-15)5-13(4-11)8-15/h10-13H,3-9H2,1-2H3,(H2,16,17,18). The maximum atomic E-state index is 11.8. The van der Waals surface area contributed by atoms with Gasteiger partial charge in [0.25, 0.3) is 0 Å². The minimum absolute atomic E-state index is 0.0925. The molecule has 4 nitrogen and oxygen atoms in total. The van der Waals surface area contributed by atoms with E-state index in [4.69, 9.17) is 4.74 Å². The van der Waals surface area contributed by atoms with E-state index < -0.39 is 0 Å². The van der Waals surface area contributed by atoms with Gasteiger partial charge in [-0.1, -0.05) is 0 Å². The van der Waals surface area contributed by atoms with E-state index >= 15 is 0 Å². The van der Waals surface area contributed by atoms with E-state index in [1.807, 2.05) is 0 Å². The molecule has 4 rings (SSSR count). The number of carbonyl (C=O) groups excluding carboxylic acids is 1. The fraction of sp³-hybridized carbons (Fsp3) is 0.933. The minimum atomic E-state index is -0.0925. The third kappa shape index (κ3) is 2.47. The first kappa shape index (κ1) is 13.2.